The SMILES string of the molecule is C=CC(C)Oc1ccc(C)cc1[B-](F)(F)F. The summed E-state index contributed by atoms with van der Waals surface area (Å²) in [6, 6.07) is 4.04. The van der Waals surface area contributed by atoms with Crippen LogP contribution in [0.25, 0.3) is 0 Å². The molecule has 1 aromatic carbocycles. The molecule has 0 saturated heterocycles. The lowest BCUT2D eigenvalue weighted by Crippen LogP contribution is -2.36. The molecule has 0 aliphatic heterocycles. The van der Waals surface area contributed by atoms with Gasteiger partial charge in [-0.1, -0.05) is 35.8 Å². The number of hydrogen-bond acceptors (Lipinski definition) is 1. The lowest BCUT2D eigenvalue weighted by atomic mass is 9.78. The summed E-state index contributed by atoms with van der Waals surface area (Å²) >= 11 is 0. The minimum absolute atomic E-state index is 0.134. The molecule has 0 aliphatic carbocycles. The van der Waals surface area contributed by atoms with Gasteiger partial charge in [0.2, 0.25) is 0 Å². The van der Waals surface area contributed by atoms with Crippen LogP contribution in [0.3, 0.4) is 0 Å². The number of ether oxygens (including phenoxy) is 1. The van der Waals surface area contributed by atoms with Gasteiger partial charge in [-0.05, 0) is 19.9 Å². The third-order valence-corrected chi connectivity index (χ3v) is 2.16. The summed E-state index contributed by atoms with van der Waals surface area (Å²) in [6.07, 6.45) is 1.01. The Hall–Kier alpha value is -1.39. The molecule has 1 atom stereocenters. The molecule has 0 radical (unpaired) electrons. The van der Waals surface area contributed by atoms with Crippen molar-refractivity contribution >= 4 is 12.4 Å². The van der Waals surface area contributed by atoms with Crippen molar-refractivity contribution in [3.63, 3.8) is 0 Å². The average molecular weight is 229 g/mol. The van der Waals surface area contributed by atoms with Gasteiger partial charge in [0.05, 0.1) is 5.75 Å². The van der Waals surface area contributed by atoms with Gasteiger partial charge in [-0.3, -0.25) is 0 Å². The van der Waals surface area contributed by atoms with E-state index in [0.717, 1.165) is 6.07 Å². The minimum Gasteiger partial charge on any atom is -0.490 e. The van der Waals surface area contributed by atoms with E-state index in [9.17, 15) is 12.9 Å². The molecule has 0 fully saturated rings. The summed E-state index contributed by atoms with van der Waals surface area (Å²) in [5.74, 6) is -0.134. The Bertz CT molecular complexity index is 387. The van der Waals surface area contributed by atoms with Gasteiger partial charge in [0, 0.05) is 0 Å². The van der Waals surface area contributed by atoms with E-state index in [1.54, 1.807) is 19.9 Å². The highest BCUT2D eigenvalue weighted by molar-refractivity contribution is 6.74. The fourth-order valence-electron chi connectivity index (χ4n) is 1.28. The molecule has 1 rings (SSSR count). The summed E-state index contributed by atoms with van der Waals surface area (Å²) in [5.41, 5.74) is -0.124. The molecule has 0 N–H and O–H groups in total. The van der Waals surface area contributed by atoms with Gasteiger partial charge in [-0.25, -0.2) is 0 Å². The van der Waals surface area contributed by atoms with E-state index in [0.29, 0.717) is 5.56 Å². The molecule has 0 aliphatic rings. The highest BCUT2D eigenvalue weighted by Gasteiger charge is 2.29. The lowest BCUT2D eigenvalue weighted by molar-refractivity contribution is 0.271. The second-order valence-corrected chi connectivity index (χ2v) is 3.67. The Morgan fingerprint density at radius 1 is 1.38 bits per heavy atom. The maximum Gasteiger partial charge on any atom is 0.513 e. The summed E-state index contributed by atoms with van der Waals surface area (Å²) in [6.45, 7) is 1.67. The Kier molecular flexibility index (Phi) is 3.68. The van der Waals surface area contributed by atoms with Crippen LogP contribution in [0.5, 0.6) is 5.75 Å². The molecule has 1 unspecified atom stereocenters. The van der Waals surface area contributed by atoms with Gasteiger partial charge in [0.1, 0.15) is 6.10 Å². The predicted octanol–water partition coefficient (Wildman–Crippen LogP) is 3.00. The van der Waals surface area contributed by atoms with Crippen molar-refractivity contribution < 1.29 is 17.7 Å². The molecule has 0 saturated carbocycles. The predicted molar refractivity (Wildman–Crippen MR) is 60.2 cm³/mol. The molecule has 0 amide bonds. The average Bonchev–Trinajstić information content (AvgIpc) is 2.19. The van der Waals surface area contributed by atoms with Crippen molar-refractivity contribution in [1.29, 1.82) is 0 Å². The molecular formula is C11H13BF3O-. The fourth-order valence-corrected chi connectivity index (χ4v) is 1.28. The number of benzene rings is 1. The van der Waals surface area contributed by atoms with Crippen molar-refractivity contribution in [3.8, 4) is 5.75 Å². The maximum atomic E-state index is 12.7. The van der Waals surface area contributed by atoms with Crippen LogP contribution in [-0.2, 0) is 0 Å². The first-order valence-corrected chi connectivity index (χ1v) is 4.94. The van der Waals surface area contributed by atoms with Crippen LogP contribution < -0.4 is 10.2 Å². The van der Waals surface area contributed by atoms with Gasteiger partial charge in [0.15, 0.2) is 0 Å². The largest absolute Gasteiger partial charge is 0.513 e. The number of aryl methyl sites for hydroxylation is 1. The van der Waals surface area contributed by atoms with E-state index in [-0.39, 0.29) is 5.75 Å². The number of rotatable bonds is 4. The summed E-state index contributed by atoms with van der Waals surface area (Å²) in [7, 11) is 0. The van der Waals surface area contributed by atoms with Crippen LogP contribution in [0, 0.1) is 6.92 Å². The highest BCUT2D eigenvalue weighted by Crippen LogP contribution is 2.20. The first-order chi connectivity index (χ1) is 7.34. The second-order valence-electron chi connectivity index (χ2n) is 3.67. The molecule has 5 heteroatoms. The normalized spacial score (nSPS) is 13.3. The molecule has 88 valence electrons. The van der Waals surface area contributed by atoms with Gasteiger partial charge < -0.3 is 17.7 Å². The summed E-state index contributed by atoms with van der Waals surface area (Å²) < 4.78 is 43.4. The quantitative estimate of drug-likeness (QED) is 0.569. The van der Waals surface area contributed by atoms with Crippen molar-refractivity contribution in [3.05, 3.63) is 36.4 Å². The van der Waals surface area contributed by atoms with Crippen LogP contribution in [0.4, 0.5) is 12.9 Å². The van der Waals surface area contributed by atoms with Gasteiger partial charge in [-0.2, -0.15) is 0 Å². The molecule has 1 nitrogen and oxygen atoms in total. The molecule has 1 aromatic rings. The molecule has 0 bridgehead atoms. The van der Waals surface area contributed by atoms with Crippen LogP contribution in [0.2, 0.25) is 0 Å². The smallest absolute Gasteiger partial charge is 0.490 e. The zero-order valence-corrected chi connectivity index (χ0v) is 9.21. The van der Waals surface area contributed by atoms with E-state index < -0.39 is 18.5 Å². The van der Waals surface area contributed by atoms with Crippen molar-refractivity contribution in [2.24, 2.45) is 0 Å². The molecule has 0 aromatic heterocycles. The van der Waals surface area contributed by atoms with E-state index in [2.05, 4.69) is 6.58 Å². The lowest BCUT2D eigenvalue weighted by Gasteiger charge is -2.22. The third-order valence-electron chi connectivity index (χ3n) is 2.16. The van der Waals surface area contributed by atoms with E-state index in [1.807, 2.05) is 0 Å². The van der Waals surface area contributed by atoms with Gasteiger partial charge in [0.25, 0.3) is 0 Å². The summed E-state index contributed by atoms with van der Waals surface area (Å²) in [4.78, 5) is 0. The van der Waals surface area contributed by atoms with E-state index in [1.165, 1.54) is 12.1 Å². The van der Waals surface area contributed by atoms with Crippen LogP contribution in [0.1, 0.15) is 12.5 Å². The minimum atomic E-state index is -5.05. The monoisotopic (exact) mass is 229 g/mol. The second kappa shape index (κ2) is 4.64. The zero-order valence-electron chi connectivity index (χ0n) is 9.21. The molecular weight excluding hydrogens is 216 g/mol. The Labute approximate surface area is 93.0 Å². The van der Waals surface area contributed by atoms with Crippen LogP contribution in [0.15, 0.2) is 30.9 Å². The summed E-state index contributed by atoms with van der Waals surface area (Å²) in [5, 5.41) is 0. The Balaban J connectivity index is 3.13. The first kappa shape index (κ1) is 12.7. The van der Waals surface area contributed by atoms with E-state index in [4.69, 9.17) is 4.74 Å². The van der Waals surface area contributed by atoms with Crippen LogP contribution >= 0.6 is 0 Å². The van der Waals surface area contributed by atoms with Crippen molar-refractivity contribution in [2.45, 2.75) is 20.0 Å². The van der Waals surface area contributed by atoms with Gasteiger partial charge in [-0.15, -0.1) is 0 Å². The third kappa shape index (κ3) is 3.05. The van der Waals surface area contributed by atoms with E-state index >= 15 is 0 Å². The maximum absolute atomic E-state index is 12.7. The number of hydrogen-bond donors (Lipinski definition) is 0. The topological polar surface area (TPSA) is 9.23 Å². The standard InChI is InChI=1S/C11H13BF3O/c1-4-9(3)16-11-6-5-8(2)7-10(11)12(13,14)15/h4-7,9H,1H2,2-3H3/q-1. The Morgan fingerprint density at radius 3 is 2.50 bits per heavy atom. The molecule has 0 spiro atoms. The van der Waals surface area contributed by atoms with Crippen LogP contribution in [-0.4, -0.2) is 13.1 Å². The highest BCUT2D eigenvalue weighted by atomic mass is 19.4. The fraction of sp³-hybridized carbons (Fsp3) is 0.273. The Morgan fingerprint density at radius 2 is 2.00 bits per heavy atom. The molecule has 16 heavy (non-hydrogen) atoms. The van der Waals surface area contributed by atoms with Crippen molar-refractivity contribution in [1.82, 2.24) is 0 Å². The zero-order chi connectivity index (χ0) is 12.3. The molecule has 0 heterocycles. The number of halogens is 3. The van der Waals surface area contributed by atoms with Gasteiger partial charge >= 0.3 is 6.98 Å². The first-order valence-electron chi connectivity index (χ1n) is 4.94. The van der Waals surface area contributed by atoms with Crippen molar-refractivity contribution in [2.75, 3.05) is 0 Å².